The number of benzene rings is 2. The first-order valence-corrected chi connectivity index (χ1v) is 21.8. The molecule has 6 nitrogen and oxygen atoms in total. The molecule has 2 aromatic rings. The highest BCUT2D eigenvalue weighted by Crippen LogP contribution is 2.27. The van der Waals surface area contributed by atoms with Crippen LogP contribution in [0.3, 0.4) is 0 Å². The Kier molecular flexibility index (Phi) is 21.8. The van der Waals surface area contributed by atoms with Gasteiger partial charge in [-0.05, 0) is 102 Å². The van der Waals surface area contributed by atoms with Crippen LogP contribution in [0, 0.1) is 5.92 Å². The van der Waals surface area contributed by atoms with Crippen molar-refractivity contribution >= 4 is 36.7 Å². The quantitative estimate of drug-likeness (QED) is 0.0408. The summed E-state index contributed by atoms with van der Waals surface area (Å²) in [6, 6.07) is 19.3. The molecule has 0 fully saturated rings. The largest absolute Gasteiger partial charge is 0.497 e. The zero-order valence-electron chi connectivity index (χ0n) is 31.0. The van der Waals surface area contributed by atoms with Crippen molar-refractivity contribution in [3.8, 4) is 11.5 Å². The summed E-state index contributed by atoms with van der Waals surface area (Å²) in [6.07, 6.45) is 15.1. The van der Waals surface area contributed by atoms with E-state index in [-0.39, 0.29) is 30.0 Å². The number of ether oxygens (including phenoxy) is 4. The molecule has 49 heavy (non-hydrogen) atoms. The molecule has 2 aromatic carbocycles. The molecule has 8 heteroatoms. The van der Waals surface area contributed by atoms with Gasteiger partial charge in [0.2, 0.25) is 0 Å². The number of ketones is 1. The minimum atomic E-state index is -1.67. The normalized spacial score (nSPS) is 14.8. The molecule has 0 bridgehead atoms. The molecule has 0 saturated heterocycles. The highest BCUT2D eigenvalue weighted by Gasteiger charge is 2.31. The predicted octanol–water partition coefficient (Wildman–Crippen LogP) is 11.2. The molecule has 0 aliphatic carbocycles. The summed E-state index contributed by atoms with van der Waals surface area (Å²) in [5.74, 6) is 1.45. The van der Waals surface area contributed by atoms with Crippen LogP contribution in [0.1, 0.15) is 84.3 Å². The van der Waals surface area contributed by atoms with Gasteiger partial charge in [-0.15, -0.1) is 0 Å². The zero-order valence-corrected chi connectivity index (χ0v) is 34.2. The number of allylic oxidation sites excluding steroid dienone is 3. The third kappa shape index (κ3) is 16.1. The number of carbonyl (C=O) groups excluding carboxylic acids is 1. The average Bonchev–Trinajstić information content (AvgIpc) is 3.15. The van der Waals surface area contributed by atoms with Gasteiger partial charge in [-0.25, -0.2) is 0 Å². The molecule has 0 aliphatic heterocycles. The molecule has 0 unspecified atom stereocenters. The Labute approximate surface area is 311 Å². The fourth-order valence-electron chi connectivity index (χ4n) is 5.82. The van der Waals surface area contributed by atoms with Gasteiger partial charge < -0.3 is 23.4 Å². The van der Waals surface area contributed by atoms with E-state index in [0.29, 0.717) is 13.2 Å². The molecule has 0 heterocycles. The molecule has 0 N–H and O–H groups in total. The SMILES string of the molecule is CC[C@@H](CCC[C@H](OCc1ccc(OC)cc1)[C@@H](C)C(=O)/C=C/C=C/C[C@@H](C/C=C/I)OCc1ccc(OC)cc1)O[Si](CC)(CC)CC. The summed E-state index contributed by atoms with van der Waals surface area (Å²) in [5, 5.41) is 0. The van der Waals surface area contributed by atoms with E-state index in [1.54, 1.807) is 20.3 Å². The molecule has 2 rings (SSSR count). The number of carbonyl (C=O) groups is 1. The van der Waals surface area contributed by atoms with Crippen LogP contribution in [0.2, 0.25) is 18.1 Å². The molecule has 0 aromatic heterocycles. The maximum absolute atomic E-state index is 13.4. The Morgan fingerprint density at radius 2 is 1.31 bits per heavy atom. The molecule has 0 saturated carbocycles. The van der Waals surface area contributed by atoms with Crippen molar-refractivity contribution in [3.63, 3.8) is 0 Å². The molecule has 0 amide bonds. The highest BCUT2D eigenvalue weighted by atomic mass is 127. The van der Waals surface area contributed by atoms with Crippen LogP contribution >= 0.6 is 22.6 Å². The van der Waals surface area contributed by atoms with Crippen LogP contribution in [0.5, 0.6) is 11.5 Å². The van der Waals surface area contributed by atoms with Crippen LogP contribution in [0.25, 0.3) is 0 Å². The first kappa shape index (κ1) is 42.9. The van der Waals surface area contributed by atoms with Crippen LogP contribution in [-0.4, -0.2) is 46.6 Å². The summed E-state index contributed by atoms with van der Waals surface area (Å²) >= 11 is 2.24. The van der Waals surface area contributed by atoms with Crippen molar-refractivity contribution in [2.45, 2.75) is 123 Å². The van der Waals surface area contributed by atoms with Gasteiger partial charge in [0.15, 0.2) is 14.1 Å². The standard InChI is InChI=1S/C41H61IO6Si/c1-8-36(48-49(9-2,10-3)11-4)18-15-21-41(47-32-35-24-28-38(45-7)29-25-35)33(5)40(43)20-14-12-13-17-39(19-16-30-42)46-31-34-22-26-37(44-6)27-23-34/h12-14,16,20,22-30,33,36,39,41H,8-11,15,17-19,21,31-32H2,1-7H3/b13-12+,20-14+,30-16+/t33-,36-,39-,41-/m0/s1. The number of hydrogen-bond donors (Lipinski definition) is 0. The number of methoxy groups -OCH3 is 2. The predicted molar refractivity (Wildman–Crippen MR) is 214 cm³/mol. The maximum Gasteiger partial charge on any atom is 0.192 e. The Morgan fingerprint density at radius 3 is 1.82 bits per heavy atom. The van der Waals surface area contributed by atoms with Gasteiger partial charge in [0.05, 0.1) is 39.6 Å². The first-order valence-electron chi connectivity index (χ1n) is 18.1. The molecule has 4 atom stereocenters. The summed E-state index contributed by atoms with van der Waals surface area (Å²) in [6.45, 7) is 12.0. The highest BCUT2D eigenvalue weighted by molar-refractivity contribution is 14.1. The summed E-state index contributed by atoms with van der Waals surface area (Å²) in [5.41, 5.74) is 2.16. The van der Waals surface area contributed by atoms with Gasteiger partial charge in [-0.1, -0.05) is 106 Å². The van der Waals surface area contributed by atoms with Crippen molar-refractivity contribution in [2.75, 3.05) is 14.2 Å². The van der Waals surface area contributed by atoms with E-state index >= 15 is 0 Å². The van der Waals surface area contributed by atoms with Crippen LogP contribution in [0.4, 0.5) is 0 Å². The smallest absolute Gasteiger partial charge is 0.192 e. The second kappa shape index (κ2) is 24.8. The average molecular weight is 805 g/mol. The second-order valence-electron chi connectivity index (χ2n) is 12.6. The minimum Gasteiger partial charge on any atom is -0.497 e. The van der Waals surface area contributed by atoms with Crippen molar-refractivity contribution in [1.82, 2.24) is 0 Å². The van der Waals surface area contributed by atoms with Crippen LogP contribution in [0.15, 0.2) is 83.0 Å². The van der Waals surface area contributed by atoms with Crippen LogP contribution < -0.4 is 9.47 Å². The molecule has 0 aliphatic rings. The van der Waals surface area contributed by atoms with Crippen molar-refractivity contribution in [2.24, 2.45) is 5.92 Å². The van der Waals surface area contributed by atoms with E-state index in [4.69, 9.17) is 23.4 Å². The summed E-state index contributed by atoms with van der Waals surface area (Å²) in [4.78, 5) is 13.4. The van der Waals surface area contributed by atoms with E-state index in [1.165, 1.54) is 0 Å². The molecule has 0 spiro atoms. The van der Waals surface area contributed by atoms with E-state index < -0.39 is 8.32 Å². The fourth-order valence-corrected chi connectivity index (χ4v) is 9.10. The van der Waals surface area contributed by atoms with Crippen molar-refractivity contribution in [3.05, 3.63) is 94.1 Å². The van der Waals surface area contributed by atoms with Gasteiger partial charge in [0.25, 0.3) is 0 Å². The fraction of sp³-hybridized carbons (Fsp3) is 0.537. The topological polar surface area (TPSA) is 63.2 Å². The van der Waals surface area contributed by atoms with Gasteiger partial charge >= 0.3 is 0 Å². The lowest BCUT2D eigenvalue weighted by Crippen LogP contribution is -2.39. The van der Waals surface area contributed by atoms with E-state index in [9.17, 15) is 4.79 Å². The van der Waals surface area contributed by atoms with Gasteiger partial charge in [-0.3, -0.25) is 4.79 Å². The van der Waals surface area contributed by atoms with Crippen molar-refractivity contribution < 1.29 is 28.2 Å². The van der Waals surface area contributed by atoms with E-state index in [2.05, 4.69) is 62.4 Å². The Balaban J connectivity index is 2.02. The van der Waals surface area contributed by atoms with Crippen molar-refractivity contribution in [1.29, 1.82) is 0 Å². The number of halogens is 1. The maximum atomic E-state index is 13.4. The molecule has 0 radical (unpaired) electrons. The summed E-state index contributed by atoms with van der Waals surface area (Å²) < 4.78 is 32.1. The lowest BCUT2D eigenvalue weighted by Gasteiger charge is -2.33. The van der Waals surface area contributed by atoms with E-state index in [1.807, 2.05) is 71.7 Å². The molecule has 272 valence electrons. The van der Waals surface area contributed by atoms with Gasteiger partial charge in [0, 0.05) is 12.0 Å². The number of rotatable bonds is 26. The molecular formula is C41H61IO6Si. The van der Waals surface area contributed by atoms with Gasteiger partial charge in [0.1, 0.15) is 11.5 Å². The van der Waals surface area contributed by atoms with Crippen LogP contribution in [-0.2, 0) is 31.9 Å². The lowest BCUT2D eigenvalue weighted by molar-refractivity contribution is -0.123. The third-order valence-corrected chi connectivity index (χ3v) is 14.7. The third-order valence-electron chi connectivity index (χ3n) is 9.49. The lowest BCUT2D eigenvalue weighted by atomic mass is 9.94. The second-order valence-corrected chi connectivity index (χ2v) is 18.1. The Bertz CT molecular complexity index is 1250. The minimum absolute atomic E-state index is 0.0406. The first-order chi connectivity index (χ1) is 23.8. The van der Waals surface area contributed by atoms with Gasteiger partial charge in [-0.2, -0.15) is 0 Å². The van der Waals surface area contributed by atoms with E-state index in [0.717, 1.165) is 79.3 Å². The summed E-state index contributed by atoms with van der Waals surface area (Å²) in [7, 11) is 1.66. The zero-order chi connectivity index (χ0) is 35.9. The molecular weight excluding hydrogens is 743 g/mol. The monoisotopic (exact) mass is 804 g/mol. The Morgan fingerprint density at radius 1 is 0.755 bits per heavy atom. The number of hydrogen-bond acceptors (Lipinski definition) is 6. The Hall–Kier alpha value is -2.24.